The van der Waals surface area contributed by atoms with E-state index >= 15 is 0 Å². The van der Waals surface area contributed by atoms with Crippen LogP contribution in [0, 0.1) is 11.6 Å². The van der Waals surface area contributed by atoms with Gasteiger partial charge in [-0.2, -0.15) is 0 Å². The van der Waals surface area contributed by atoms with Crippen LogP contribution in [0.25, 0.3) is 0 Å². The summed E-state index contributed by atoms with van der Waals surface area (Å²) in [4.78, 5) is 0.291. The molecule has 3 nitrogen and oxygen atoms in total. The zero-order chi connectivity index (χ0) is 15.2. The van der Waals surface area contributed by atoms with E-state index in [1.54, 1.807) is 24.3 Å². The van der Waals surface area contributed by atoms with Crippen molar-refractivity contribution in [1.29, 1.82) is 0 Å². The van der Waals surface area contributed by atoms with Crippen LogP contribution in [0.4, 0.5) is 14.5 Å². The van der Waals surface area contributed by atoms with Gasteiger partial charge >= 0.3 is 0 Å². The molecule has 0 amide bonds. The minimum absolute atomic E-state index is 0.0687. The maximum absolute atomic E-state index is 13.4. The lowest BCUT2D eigenvalue weighted by Gasteiger charge is -2.12. The van der Waals surface area contributed by atoms with Crippen LogP contribution in [0.15, 0.2) is 47.4 Å². The summed E-state index contributed by atoms with van der Waals surface area (Å²) in [6, 6.07) is 10.2. The molecule has 112 valence electrons. The Morgan fingerprint density at radius 2 is 2.00 bits per heavy atom. The number of ether oxygens (including phenoxy) is 1. The number of nitrogens with two attached hydrogens (primary N) is 1. The van der Waals surface area contributed by atoms with Gasteiger partial charge in [-0.1, -0.05) is 6.07 Å². The van der Waals surface area contributed by atoms with Crippen molar-refractivity contribution in [2.24, 2.45) is 0 Å². The predicted octanol–water partition coefficient (Wildman–Crippen LogP) is 3.08. The van der Waals surface area contributed by atoms with Gasteiger partial charge in [-0.15, -0.1) is 11.8 Å². The quantitative estimate of drug-likeness (QED) is 0.636. The zero-order valence-electron chi connectivity index (χ0n) is 11.1. The number of hydrogen-bond acceptors (Lipinski definition) is 4. The van der Waals surface area contributed by atoms with Gasteiger partial charge in [0.05, 0.1) is 6.10 Å². The van der Waals surface area contributed by atoms with Crippen molar-refractivity contribution in [2.45, 2.75) is 11.0 Å². The van der Waals surface area contributed by atoms with Gasteiger partial charge < -0.3 is 15.6 Å². The highest BCUT2D eigenvalue weighted by Gasteiger charge is 2.10. The summed E-state index contributed by atoms with van der Waals surface area (Å²) in [6.45, 7) is 0.0687. The van der Waals surface area contributed by atoms with Crippen LogP contribution in [-0.2, 0) is 0 Å². The topological polar surface area (TPSA) is 55.5 Å². The third kappa shape index (κ3) is 4.91. The van der Waals surface area contributed by atoms with E-state index in [9.17, 15) is 13.9 Å². The van der Waals surface area contributed by atoms with Crippen LogP contribution in [0.2, 0.25) is 0 Å². The second-order valence-corrected chi connectivity index (χ2v) is 5.48. The summed E-state index contributed by atoms with van der Waals surface area (Å²) < 4.78 is 31.6. The van der Waals surface area contributed by atoms with E-state index in [0.29, 0.717) is 16.3 Å². The average Bonchev–Trinajstić information content (AvgIpc) is 2.44. The van der Waals surface area contributed by atoms with Crippen LogP contribution in [0.3, 0.4) is 0 Å². The molecule has 6 heteroatoms. The molecular formula is C15H15F2NO2S. The number of hydrogen-bond donors (Lipinski definition) is 2. The van der Waals surface area contributed by atoms with Crippen molar-refractivity contribution in [3.8, 4) is 5.75 Å². The van der Waals surface area contributed by atoms with E-state index < -0.39 is 17.7 Å². The summed E-state index contributed by atoms with van der Waals surface area (Å²) in [7, 11) is 0. The summed E-state index contributed by atoms with van der Waals surface area (Å²) in [5.74, 6) is -0.455. The fourth-order valence-electron chi connectivity index (χ4n) is 1.62. The molecule has 0 saturated heterocycles. The number of rotatable bonds is 6. The molecule has 0 saturated carbocycles. The fourth-order valence-corrected chi connectivity index (χ4v) is 2.45. The van der Waals surface area contributed by atoms with Crippen molar-refractivity contribution < 1.29 is 18.6 Å². The maximum Gasteiger partial charge on any atom is 0.139 e. The Kier molecular flexibility index (Phi) is 5.41. The van der Waals surface area contributed by atoms with Crippen molar-refractivity contribution in [2.75, 3.05) is 18.1 Å². The standard InChI is InChI=1S/C15H15F2NO2S/c16-10-4-5-15(14(17)6-10)21-9-12(19)8-20-13-3-1-2-11(18)7-13/h1-7,12,19H,8-9,18H2. The van der Waals surface area contributed by atoms with E-state index in [2.05, 4.69) is 0 Å². The Morgan fingerprint density at radius 3 is 2.71 bits per heavy atom. The van der Waals surface area contributed by atoms with E-state index in [-0.39, 0.29) is 12.4 Å². The third-order valence-corrected chi connectivity index (χ3v) is 3.82. The van der Waals surface area contributed by atoms with Crippen molar-refractivity contribution >= 4 is 17.4 Å². The fraction of sp³-hybridized carbons (Fsp3) is 0.200. The maximum atomic E-state index is 13.4. The molecular weight excluding hydrogens is 296 g/mol. The molecule has 0 radical (unpaired) electrons. The Balaban J connectivity index is 1.80. The molecule has 2 aromatic rings. The molecule has 0 fully saturated rings. The Bertz CT molecular complexity index is 610. The van der Waals surface area contributed by atoms with E-state index in [1.165, 1.54) is 12.1 Å². The van der Waals surface area contributed by atoms with Crippen molar-refractivity contribution in [3.05, 3.63) is 54.1 Å². The number of aliphatic hydroxyl groups is 1. The van der Waals surface area contributed by atoms with Crippen molar-refractivity contribution in [3.63, 3.8) is 0 Å². The van der Waals surface area contributed by atoms with Gasteiger partial charge in [0.1, 0.15) is 24.0 Å². The zero-order valence-corrected chi connectivity index (χ0v) is 11.9. The number of benzene rings is 2. The molecule has 0 aliphatic heterocycles. The monoisotopic (exact) mass is 311 g/mol. The average molecular weight is 311 g/mol. The first-order valence-corrected chi connectivity index (χ1v) is 7.27. The largest absolute Gasteiger partial charge is 0.491 e. The van der Waals surface area contributed by atoms with Crippen LogP contribution in [0.5, 0.6) is 5.75 Å². The molecule has 21 heavy (non-hydrogen) atoms. The van der Waals surface area contributed by atoms with Crippen LogP contribution >= 0.6 is 11.8 Å². The lowest BCUT2D eigenvalue weighted by molar-refractivity contribution is 0.126. The number of nitrogen functional groups attached to an aromatic ring is 1. The molecule has 2 aromatic carbocycles. The van der Waals surface area contributed by atoms with Crippen LogP contribution in [-0.4, -0.2) is 23.6 Å². The molecule has 1 unspecified atom stereocenters. The summed E-state index contributed by atoms with van der Waals surface area (Å²) >= 11 is 1.11. The molecule has 0 bridgehead atoms. The normalized spacial score (nSPS) is 12.1. The third-order valence-electron chi connectivity index (χ3n) is 2.63. The van der Waals surface area contributed by atoms with Gasteiger partial charge in [0.15, 0.2) is 0 Å². The highest BCUT2D eigenvalue weighted by molar-refractivity contribution is 7.99. The van der Waals surface area contributed by atoms with E-state index in [1.807, 2.05) is 0 Å². The molecule has 3 N–H and O–H groups in total. The minimum atomic E-state index is -0.777. The number of thioether (sulfide) groups is 1. The van der Waals surface area contributed by atoms with Gasteiger partial charge in [-0.25, -0.2) is 8.78 Å². The SMILES string of the molecule is Nc1cccc(OCC(O)CSc2ccc(F)cc2F)c1. The number of halogens is 2. The molecule has 1 atom stereocenters. The van der Waals surface area contributed by atoms with Crippen LogP contribution in [0.1, 0.15) is 0 Å². The molecule has 2 rings (SSSR count). The second kappa shape index (κ2) is 7.28. The van der Waals surface area contributed by atoms with E-state index in [4.69, 9.17) is 10.5 Å². The van der Waals surface area contributed by atoms with Crippen molar-refractivity contribution in [1.82, 2.24) is 0 Å². The van der Waals surface area contributed by atoms with Gasteiger partial charge in [-0.3, -0.25) is 0 Å². The number of anilines is 1. The second-order valence-electron chi connectivity index (χ2n) is 4.42. The molecule has 0 aliphatic rings. The minimum Gasteiger partial charge on any atom is -0.491 e. The first kappa shape index (κ1) is 15.6. The van der Waals surface area contributed by atoms with Gasteiger partial charge in [-0.05, 0) is 24.3 Å². The van der Waals surface area contributed by atoms with Gasteiger partial charge in [0.2, 0.25) is 0 Å². The molecule has 0 aromatic heterocycles. The lowest BCUT2D eigenvalue weighted by atomic mass is 10.3. The first-order valence-electron chi connectivity index (χ1n) is 6.29. The Morgan fingerprint density at radius 1 is 1.19 bits per heavy atom. The van der Waals surface area contributed by atoms with Crippen LogP contribution < -0.4 is 10.5 Å². The smallest absolute Gasteiger partial charge is 0.139 e. The summed E-state index contributed by atoms with van der Waals surface area (Å²) in [5, 5.41) is 9.81. The number of aliphatic hydroxyl groups excluding tert-OH is 1. The Hall–Kier alpha value is -1.79. The molecule has 0 aliphatic carbocycles. The Labute approximate surface area is 125 Å². The van der Waals surface area contributed by atoms with Gasteiger partial charge in [0, 0.05) is 28.5 Å². The van der Waals surface area contributed by atoms with Gasteiger partial charge in [0.25, 0.3) is 0 Å². The summed E-state index contributed by atoms with van der Waals surface area (Å²) in [6.07, 6.45) is -0.777. The first-order chi connectivity index (χ1) is 10.0. The molecule has 0 spiro atoms. The molecule has 0 heterocycles. The highest BCUT2D eigenvalue weighted by Crippen LogP contribution is 2.23. The highest BCUT2D eigenvalue weighted by atomic mass is 32.2. The predicted molar refractivity (Wildman–Crippen MR) is 79.4 cm³/mol. The van der Waals surface area contributed by atoms with E-state index in [0.717, 1.165) is 17.8 Å². The lowest BCUT2D eigenvalue weighted by Crippen LogP contribution is -2.20. The summed E-state index contributed by atoms with van der Waals surface area (Å²) in [5.41, 5.74) is 6.18.